The molecule has 1 aromatic carbocycles. The molecule has 0 bridgehead atoms. The maximum atomic E-state index is 11.9. The summed E-state index contributed by atoms with van der Waals surface area (Å²) in [5, 5.41) is 3.80. The second-order valence-corrected chi connectivity index (χ2v) is 9.95. The lowest BCUT2D eigenvalue weighted by Crippen LogP contribution is -2.47. The van der Waals surface area contributed by atoms with E-state index >= 15 is 0 Å². The Kier molecular flexibility index (Phi) is 6.69. The van der Waals surface area contributed by atoms with Crippen molar-refractivity contribution < 1.29 is 4.79 Å². The van der Waals surface area contributed by atoms with Gasteiger partial charge in [-0.2, -0.15) is 0 Å². The summed E-state index contributed by atoms with van der Waals surface area (Å²) in [5.74, 6) is 1.31. The standard InChI is InChI=1S/C26H27BrN8O/c1-34(2)26(36)32-19-8-10-35(11-9-19)22-7-6-17(14-29-22)21-13-20(16-4-3-5-18(27)12-16)23-24(28)30-15-31-25(23)33-21/h3-7,12-15,19H,8-11H2,1-2H3,(H,32,36)(H2,28,30,31,33). The number of anilines is 2. The molecule has 1 saturated heterocycles. The van der Waals surface area contributed by atoms with Gasteiger partial charge < -0.3 is 20.9 Å². The van der Waals surface area contributed by atoms with Crippen molar-refractivity contribution in [2.24, 2.45) is 0 Å². The molecule has 10 heteroatoms. The number of fused-ring (bicyclic) bond motifs is 1. The zero-order valence-corrected chi connectivity index (χ0v) is 21.7. The first-order chi connectivity index (χ1) is 17.4. The van der Waals surface area contributed by atoms with Gasteiger partial charge in [-0.25, -0.2) is 24.7 Å². The topological polar surface area (TPSA) is 113 Å². The maximum Gasteiger partial charge on any atom is 0.317 e. The van der Waals surface area contributed by atoms with E-state index in [0.717, 1.165) is 64.0 Å². The molecule has 2 amide bonds. The summed E-state index contributed by atoms with van der Waals surface area (Å²) in [5.41, 5.74) is 10.3. The number of rotatable bonds is 4. The summed E-state index contributed by atoms with van der Waals surface area (Å²) < 4.78 is 0.970. The highest BCUT2D eigenvalue weighted by atomic mass is 79.9. The molecule has 0 saturated carbocycles. The molecule has 4 heterocycles. The zero-order valence-electron chi connectivity index (χ0n) is 20.1. The number of halogens is 1. The number of piperidine rings is 1. The normalized spacial score (nSPS) is 14.1. The van der Waals surface area contributed by atoms with Crippen molar-refractivity contribution in [3.63, 3.8) is 0 Å². The predicted molar refractivity (Wildman–Crippen MR) is 146 cm³/mol. The van der Waals surface area contributed by atoms with E-state index in [2.05, 4.69) is 36.1 Å². The molecule has 0 atom stereocenters. The van der Waals surface area contributed by atoms with Crippen molar-refractivity contribution in [2.75, 3.05) is 37.8 Å². The zero-order chi connectivity index (χ0) is 25.2. The van der Waals surface area contributed by atoms with Crippen LogP contribution in [0.3, 0.4) is 0 Å². The molecule has 0 spiro atoms. The number of amides is 2. The lowest BCUT2D eigenvalue weighted by Gasteiger charge is -2.33. The fourth-order valence-corrected chi connectivity index (χ4v) is 4.80. The minimum atomic E-state index is -0.0481. The van der Waals surface area contributed by atoms with Crippen LogP contribution in [0.5, 0.6) is 0 Å². The van der Waals surface area contributed by atoms with E-state index in [-0.39, 0.29) is 12.1 Å². The van der Waals surface area contributed by atoms with Crippen LogP contribution in [0.4, 0.5) is 16.4 Å². The van der Waals surface area contributed by atoms with E-state index in [1.54, 1.807) is 19.0 Å². The third kappa shape index (κ3) is 4.94. The van der Waals surface area contributed by atoms with Crippen molar-refractivity contribution in [3.05, 3.63) is 59.5 Å². The fraction of sp³-hybridized carbons (Fsp3) is 0.269. The van der Waals surface area contributed by atoms with Gasteiger partial charge in [0.05, 0.1) is 11.1 Å². The van der Waals surface area contributed by atoms with Gasteiger partial charge in [0.1, 0.15) is 18.0 Å². The van der Waals surface area contributed by atoms with Crippen LogP contribution in [0.1, 0.15) is 12.8 Å². The molecule has 0 unspecified atom stereocenters. The number of nitrogen functional groups attached to an aromatic ring is 1. The Bertz CT molecular complexity index is 1400. The predicted octanol–water partition coefficient (Wildman–Crippen LogP) is 4.34. The van der Waals surface area contributed by atoms with Gasteiger partial charge in [-0.3, -0.25) is 0 Å². The maximum absolute atomic E-state index is 11.9. The van der Waals surface area contributed by atoms with E-state index in [1.165, 1.54) is 6.33 Å². The van der Waals surface area contributed by atoms with Gasteiger partial charge in [-0.05, 0) is 54.3 Å². The van der Waals surface area contributed by atoms with Crippen LogP contribution in [-0.4, -0.2) is 64.1 Å². The number of aromatic nitrogens is 4. The van der Waals surface area contributed by atoms with E-state index < -0.39 is 0 Å². The second-order valence-electron chi connectivity index (χ2n) is 9.03. The van der Waals surface area contributed by atoms with Crippen molar-refractivity contribution in [1.29, 1.82) is 0 Å². The molecule has 184 valence electrons. The van der Waals surface area contributed by atoms with Crippen LogP contribution in [0.2, 0.25) is 0 Å². The van der Waals surface area contributed by atoms with Crippen LogP contribution >= 0.6 is 15.9 Å². The fourth-order valence-electron chi connectivity index (χ4n) is 4.40. The number of urea groups is 1. The number of hydrogen-bond donors (Lipinski definition) is 2. The molecule has 3 N–H and O–H groups in total. The van der Waals surface area contributed by atoms with Gasteiger partial charge in [0, 0.05) is 49.5 Å². The minimum absolute atomic E-state index is 0.0481. The summed E-state index contributed by atoms with van der Waals surface area (Å²) >= 11 is 3.56. The van der Waals surface area contributed by atoms with Crippen LogP contribution < -0.4 is 16.0 Å². The van der Waals surface area contributed by atoms with E-state index in [4.69, 9.17) is 15.7 Å². The first-order valence-corrected chi connectivity index (χ1v) is 12.5. The van der Waals surface area contributed by atoms with E-state index in [1.807, 2.05) is 48.7 Å². The van der Waals surface area contributed by atoms with Crippen LogP contribution in [0, 0.1) is 0 Å². The Labute approximate surface area is 217 Å². The number of nitrogens with one attached hydrogen (secondary N) is 1. The van der Waals surface area contributed by atoms with Gasteiger partial charge in [0.15, 0.2) is 5.65 Å². The van der Waals surface area contributed by atoms with Crippen molar-refractivity contribution >= 4 is 44.6 Å². The number of nitrogens with two attached hydrogens (primary N) is 1. The summed E-state index contributed by atoms with van der Waals surface area (Å²) in [6.07, 6.45) is 5.04. The molecule has 1 aliphatic rings. The summed E-state index contributed by atoms with van der Waals surface area (Å²) in [6, 6.07) is 14.2. The Morgan fingerprint density at radius 1 is 1.08 bits per heavy atom. The first kappa shape index (κ1) is 23.9. The van der Waals surface area contributed by atoms with Crippen LogP contribution in [-0.2, 0) is 0 Å². The number of benzene rings is 1. The van der Waals surface area contributed by atoms with Crippen molar-refractivity contribution in [1.82, 2.24) is 30.2 Å². The molecule has 0 radical (unpaired) electrons. The van der Waals surface area contributed by atoms with E-state index in [0.29, 0.717) is 11.5 Å². The highest BCUT2D eigenvalue weighted by Gasteiger charge is 2.22. The number of carbonyl (C=O) groups is 1. The summed E-state index contributed by atoms with van der Waals surface area (Å²) in [4.78, 5) is 33.8. The molecule has 36 heavy (non-hydrogen) atoms. The average molecular weight is 547 g/mol. The van der Waals surface area contributed by atoms with Crippen LogP contribution in [0.15, 0.2) is 59.5 Å². The molecule has 5 rings (SSSR count). The molecule has 0 aliphatic carbocycles. The van der Waals surface area contributed by atoms with Gasteiger partial charge in [0.25, 0.3) is 0 Å². The summed E-state index contributed by atoms with van der Waals surface area (Å²) in [7, 11) is 3.51. The Balaban J connectivity index is 1.40. The SMILES string of the molecule is CN(C)C(=O)NC1CCN(c2ccc(-c3cc(-c4cccc(Br)c4)c4c(N)ncnc4n3)cn2)CC1. The van der Waals surface area contributed by atoms with Gasteiger partial charge in [-0.15, -0.1) is 0 Å². The molecule has 3 aromatic heterocycles. The number of pyridine rings is 2. The highest BCUT2D eigenvalue weighted by Crippen LogP contribution is 2.34. The molecular weight excluding hydrogens is 520 g/mol. The molecule has 4 aromatic rings. The minimum Gasteiger partial charge on any atom is -0.383 e. The smallest absolute Gasteiger partial charge is 0.317 e. The number of nitrogens with zero attached hydrogens (tertiary/aromatic N) is 6. The highest BCUT2D eigenvalue weighted by molar-refractivity contribution is 9.10. The third-order valence-corrected chi connectivity index (χ3v) is 6.86. The van der Waals surface area contributed by atoms with Gasteiger partial charge in [-0.1, -0.05) is 28.1 Å². The summed E-state index contributed by atoms with van der Waals surface area (Å²) in [6.45, 7) is 1.67. The Morgan fingerprint density at radius 2 is 1.89 bits per heavy atom. The Hall–Kier alpha value is -3.79. The first-order valence-electron chi connectivity index (χ1n) is 11.8. The molecular formula is C26H27BrN8O. The van der Waals surface area contributed by atoms with Gasteiger partial charge >= 0.3 is 6.03 Å². The monoisotopic (exact) mass is 546 g/mol. The largest absolute Gasteiger partial charge is 0.383 e. The molecule has 1 fully saturated rings. The molecule has 9 nitrogen and oxygen atoms in total. The average Bonchev–Trinajstić information content (AvgIpc) is 2.89. The van der Waals surface area contributed by atoms with Crippen molar-refractivity contribution in [2.45, 2.75) is 18.9 Å². The van der Waals surface area contributed by atoms with Crippen molar-refractivity contribution in [3.8, 4) is 22.4 Å². The van der Waals surface area contributed by atoms with Gasteiger partial charge in [0.2, 0.25) is 0 Å². The number of carbonyl (C=O) groups excluding carboxylic acids is 1. The Morgan fingerprint density at radius 3 is 2.58 bits per heavy atom. The quantitative estimate of drug-likeness (QED) is 0.391. The lowest BCUT2D eigenvalue weighted by molar-refractivity contribution is 0.210. The third-order valence-electron chi connectivity index (χ3n) is 6.37. The molecule has 1 aliphatic heterocycles. The lowest BCUT2D eigenvalue weighted by atomic mass is 10.0. The number of hydrogen-bond acceptors (Lipinski definition) is 7. The second kappa shape index (κ2) is 10.1. The van der Waals surface area contributed by atoms with Crippen LogP contribution in [0.25, 0.3) is 33.4 Å². The van der Waals surface area contributed by atoms with E-state index in [9.17, 15) is 4.79 Å².